The maximum Gasteiger partial charge on any atom is 0.410 e. The third kappa shape index (κ3) is 5.50. The van der Waals surface area contributed by atoms with Crippen molar-refractivity contribution in [2.24, 2.45) is 0 Å². The van der Waals surface area contributed by atoms with Crippen molar-refractivity contribution in [3.05, 3.63) is 88.0 Å². The predicted molar refractivity (Wildman–Crippen MR) is 138 cm³/mol. The first-order valence-electron chi connectivity index (χ1n) is 12.2. The van der Waals surface area contributed by atoms with Gasteiger partial charge in [0.2, 0.25) is 0 Å². The molecular weight excluding hydrogens is 475 g/mol. The summed E-state index contributed by atoms with van der Waals surface area (Å²) in [6.07, 6.45) is 3.94. The number of halogens is 1. The fraction of sp³-hybridized carbons (Fsp3) is 0.321. The molecule has 1 amide bonds. The van der Waals surface area contributed by atoms with Crippen LogP contribution in [0, 0.1) is 5.82 Å². The summed E-state index contributed by atoms with van der Waals surface area (Å²) in [4.78, 5) is 34.6. The molecular formula is C28H29FN4O4. The molecule has 0 atom stereocenters. The summed E-state index contributed by atoms with van der Waals surface area (Å²) in [6.45, 7) is 6.91. The molecule has 0 radical (unpaired) electrons. The second kappa shape index (κ2) is 9.72. The second-order valence-electron chi connectivity index (χ2n) is 10.1. The number of aromatic amines is 1. The molecule has 3 aromatic heterocycles. The number of carbonyl (C=O) groups is 1. The van der Waals surface area contributed by atoms with E-state index in [4.69, 9.17) is 9.47 Å². The molecule has 37 heavy (non-hydrogen) atoms. The second-order valence-corrected chi connectivity index (χ2v) is 10.1. The Morgan fingerprint density at radius 3 is 2.65 bits per heavy atom. The number of amides is 1. The normalized spacial score (nSPS) is 13.8. The number of rotatable bonds is 4. The van der Waals surface area contributed by atoms with E-state index >= 15 is 0 Å². The Hall–Kier alpha value is -4.14. The zero-order valence-electron chi connectivity index (χ0n) is 21.1. The molecule has 8 nitrogen and oxygen atoms in total. The van der Waals surface area contributed by atoms with Gasteiger partial charge in [-0.3, -0.25) is 14.3 Å². The average molecular weight is 505 g/mol. The van der Waals surface area contributed by atoms with E-state index in [-0.39, 0.29) is 18.3 Å². The number of H-pyrrole nitrogens is 1. The largest absolute Gasteiger partial charge is 0.487 e. The molecule has 0 spiro atoms. The molecule has 192 valence electrons. The minimum Gasteiger partial charge on any atom is -0.487 e. The van der Waals surface area contributed by atoms with Crippen LogP contribution in [-0.2, 0) is 24.2 Å². The zero-order valence-corrected chi connectivity index (χ0v) is 21.1. The zero-order chi connectivity index (χ0) is 26.2. The first-order valence-corrected chi connectivity index (χ1v) is 12.2. The molecule has 0 saturated carbocycles. The number of aromatic nitrogens is 3. The Morgan fingerprint density at radius 1 is 1.11 bits per heavy atom. The Morgan fingerprint density at radius 2 is 1.92 bits per heavy atom. The standard InChI is InChI=1S/C28H29FN4O4/c1-28(2,3)37-27(35)32-11-9-23-22-7-6-20(14-25(22)31-24(23)10-12-32)33-13-8-21(15-26(33)34)36-17-19-5-4-18(29)16-30-19/h4-8,13-16,31H,9-12,17H2,1-3H3. The van der Waals surface area contributed by atoms with Gasteiger partial charge in [0.05, 0.1) is 17.6 Å². The van der Waals surface area contributed by atoms with Crippen molar-refractivity contribution in [2.75, 3.05) is 13.1 Å². The molecule has 0 unspecified atom stereocenters. The Labute approximate surface area is 213 Å². The van der Waals surface area contributed by atoms with Gasteiger partial charge in [0.1, 0.15) is 23.8 Å². The summed E-state index contributed by atoms with van der Waals surface area (Å²) >= 11 is 0. The molecule has 0 saturated heterocycles. The van der Waals surface area contributed by atoms with Gasteiger partial charge in [-0.1, -0.05) is 6.07 Å². The van der Waals surface area contributed by atoms with Crippen LogP contribution in [-0.4, -0.2) is 44.2 Å². The lowest BCUT2D eigenvalue weighted by Gasteiger charge is -2.26. The van der Waals surface area contributed by atoms with E-state index in [1.807, 2.05) is 39.0 Å². The van der Waals surface area contributed by atoms with Gasteiger partial charge in [-0.2, -0.15) is 0 Å². The van der Waals surface area contributed by atoms with Crippen LogP contribution in [0.25, 0.3) is 16.6 Å². The van der Waals surface area contributed by atoms with Crippen LogP contribution < -0.4 is 10.3 Å². The minimum absolute atomic E-state index is 0.134. The van der Waals surface area contributed by atoms with Crippen LogP contribution in [0.15, 0.2) is 59.7 Å². The Bertz CT molecular complexity index is 1500. The molecule has 0 fully saturated rings. The third-order valence-corrected chi connectivity index (χ3v) is 6.24. The van der Waals surface area contributed by atoms with Crippen molar-refractivity contribution in [1.29, 1.82) is 0 Å². The van der Waals surface area contributed by atoms with Gasteiger partial charge in [0.15, 0.2) is 0 Å². The third-order valence-electron chi connectivity index (χ3n) is 6.24. The molecule has 0 aliphatic carbocycles. The number of fused-ring (bicyclic) bond motifs is 3. The minimum atomic E-state index is -0.525. The number of nitrogens with zero attached hydrogens (tertiary/aromatic N) is 3. The van der Waals surface area contributed by atoms with Gasteiger partial charge in [0.25, 0.3) is 5.56 Å². The number of pyridine rings is 2. The van der Waals surface area contributed by atoms with Crippen LogP contribution in [0.1, 0.15) is 37.7 Å². The molecule has 4 aromatic rings. The van der Waals surface area contributed by atoms with E-state index in [9.17, 15) is 14.0 Å². The van der Waals surface area contributed by atoms with Gasteiger partial charge < -0.3 is 19.4 Å². The number of hydrogen-bond acceptors (Lipinski definition) is 5. The lowest BCUT2D eigenvalue weighted by molar-refractivity contribution is 0.0258. The van der Waals surface area contributed by atoms with Crippen LogP contribution in [0.2, 0.25) is 0 Å². The van der Waals surface area contributed by atoms with E-state index in [2.05, 4.69) is 9.97 Å². The summed E-state index contributed by atoms with van der Waals surface area (Å²) in [6, 6.07) is 11.9. The van der Waals surface area contributed by atoms with Crippen molar-refractivity contribution < 1.29 is 18.7 Å². The molecule has 1 N–H and O–H groups in total. The molecule has 9 heteroatoms. The lowest BCUT2D eigenvalue weighted by Crippen LogP contribution is -2.38. The van der Waals surface area contributed by atoms with Gasteiger partial charge in [0, 0.05) is 48.4 Å². The highest BCUT2D eigenvalue weighted by Crippen LogP contribution is 2.28. The first kappa shape index (κ1) is 24.5. The summed E-state index contributed by atoms with van der Waals surface area (Å²) in [7, 11) is 0. The van der Waals surface area contributed by atoms with Crippen molar-refractivity contribution in [3.63, 3.8) is 0 Å². The summed E-state index contributed by atoms with van der Waals surface area (Å²) in [5, 5.41) is 1.09. The van der Waals surface area contributed by atoms with E-state index in [1.54, 1.807) is 27.8 Å². The lowest BCUT2D eigenvalue weighted by atomic mass is 10.1. The Kier molecular flexibility index (Phi) is 6.45. The summed E-state index contributed by atoms with van der Waals surface area (Å²) < 4.78 is 25.8. The number of hydrogen-bond donors (Lipinski definition) is 1. The maximum absolute atomic E-state index is 13.0. The van der Waals surface area contributed by atoms with Crippen molar-refractivity contribution >= 4 is 17.0 Å². The highest BCUT2D eigenvalue weighted by molar-refractivity contribution is 5.86. The quantitative estimate of drug-likeness (QED) is 0.433. The molecule has 4 heterocycles. The molecule has 1 aliphatic rings. The number of ether oxygens (including phenoxy) is 2. The molecule has 1 aliphatic heterocycles. The number of carbonyl (C=O) groups excluding carboxylic acids is 1. The van der Waals surface area contributed by atoms with Crippen LogP contribution in [0.3, 0.4) is 0 Å². The molecule has 0 bridgehead atoms. The fourth-order valence-electron chi connectivity index (χ4n) is 4.48. The van der Waals surface area contributed by atoms with Crippen LogP contribution >= 0.6 is 0 Å². The van der Waals surface area contributed by atoms with Crippen LogP contribution in [0.5, 0.6) is 5.75 Å². The fourth-order valence-corrected chi connectivity index (χ4v) is 4.48. The summed E-state index contributed by atoms with van der Waals surface area (Å²) in [5.74, 6) is -0.000791. The van der Waals surface area contributed by atoms with Gasteiger partial charge >= 0.3 is 6.09 Å². The van der Waals surface area contributed by atoms with Gasteiger partial charge in [-0.25, -0.2) is 9.18 Å². The van der Waals surface area contributed by atoms with E-state index in [1.165, 1.54) is 17.7 Å². The molecule has 5 rings (SSSR count). The number of nitrogens with one attached hydrogen (secondary N) is 1. The topological polar surface area (TPSA) is 89.4 Å². The SMILES string of the molecule is CC(C)(C)OC(=O)N1CCc2[nH]c3cc(-n4ccc(OCc5ccc(F)cn5)cc4=O)ccc3c2CC1. The van der Waals surface area contributed by atoms with Gasteiger partial charge in [-0.15, -0.1) is 0 Å². The highest BCUT2D eigenvalue weighted by Gasteiger charge is 2.25. The van der Waals surface area contributed by atoms with Gasteiger partial charge in [-0.05, 0) is 63.1 Å². The van der Waals surface area contributed by atoms with Crippen molar-refractivity contribution in [3.8, 4) is 11.4 Å². The van der Waals surface area contributed by atoms with Crippen molar-refractivity contribution in [1.82, 2.24) is 19.4 Å². The highest BCUT2D eigenvalue weighted by atomic mass is 19.1. The number of benzene rings is 1. The molecule has 1 aromatic carbocycles. The predicted octanol–water partition coefficient (Wildman–Crippen LogP) is 4.77. The van der Waals surface area contributed by atoms with E-state index in [0.29, 0.717) is 31.0 Å². The average Bonchev–Trinajstić information content (AvgIpc) is 3.05. The van der Waals surface area contributed by atoms with Crippen molar-refractivity contribution in [2.45, 2.75) is 45.8 Å². The van der Waals surface area contributed by atoms with E-state index in [0.717, 1.165) is 34.9 Å². The summed E-state index contributed by atoms with van der Waals surface area (Å²) in [5.41, 5.74) is 3.78. The maximum atomic E-state index is 13.0. The monoisotopic (exact) mass is 504 g/mol. The Balaban J connectivity index is 1.31. The smallest absolute Gasteiger partial charge is 0.410 e. The van der Waals surface area contributed by atoms with E-state index < -0.39 is 11.4 Å². The van der Waals surface area contributed by atoms with Crippen LogP contribution in [0.4, 0.5) is 9.18 Å². The first-order chi connectivity index (χ1) is 17.7.